The van der Waals surface area contributed by atoms with Crippen LogP contribution >= 0.6 is 0 Å². The highest BCUT2D eigenvalue weighted by molar-refractivity contribution is 5.45. The number of carbonyl (C=O) groups is 1. The van der Waals surface area contributed by atoms with Gasteiger partial charge in [0.25, 0.3) is 0 Å². The summed E-state index contributed by atoms with van der Waals surface area (Å²) < 4.78 is 0. The van der Waals surface area contributed by atoms with E-state index in [0.29, 0.717) is 6.54 Å². The molecular formula is C10H13NO. The quantitative estimate of drug-likeness (QED) is 0.526. The third-order valence-corrected chi connectivity index (χ3v) is 1.76. The third-order valence-electron chi connectivity index (χ3n) is 1.76. The van der Waals surface area contributed by atoms with Gasteiger partial charge in [0, 0.05) is 6.54 Å². The van der Waals surface area contributed by atoms with Gasteiger partial charge >= 0.3 is 0 Å². The number of nitrogens with one attached hydrogen (secondary N) is 1. The lowest BCUT2D eigenvalue weighted by atomic mass is 10.1. The molecule has 2 nitrogen and oxygen atoms in total. The molecule has 0 bridgehead atoms. The zero-order valence-corrected chi connectivity index (χ0v) is 7.21. The van der Waals surface area contributed by atoms with Crippen molar-refractivity contribution in [3.63, 3.8) is 0 Å². The van der Waals surface area contributed by atoms with Gasteiger partial charge in [-0.1, -0.05) is 29.8 Å². The third kappa shape index (κ3) is 2.74. The van der Waals surface area contributed by atoms with Gasteiger partial charge in [0.2, 0.25) is 6.41 Å². The highest BCUT2D eigenvalue weighted by atomic mass is 16.1. The van der Waals surface area contributed by atoms with E-state index < -0.39 is 0 Å². The van der Waals surface area contributed by atoms with Crippen LogP contribution in [0.25, 0.3) is 0 Å². The number of aryl methyl sites for hydroxylation is 1. The monoisotopic (exact) mass is 163 g/mol. The van der Waals surface area contributed by atoms with Gasteiger partial charge in [0.05, 0.1) is 0 Å². The SMILES string of the molecule is Cc1ccc(CCNC=O)cc1. The molecule has 1 N–H and O–H groups in total. The molecule has 1 aromatic rings. The van der Waals surface area contributed by atoms with Crippen LogP contribution < -0.4 is 5.32 Å². The second-order valence-electron chi connectivity index (χ2n) is 2.81. The van der Waals surface area contributed by atoms with E-state index in [9.17, 15) is 4.79 Å². The van der Waals surface area contributed by atoms with Crippen molar-refractivity contribution in [1.82, 2.24) is 5.32 Å². The van der Waals surface area contributed by atoms with Crippen LogP contribution in [0.15, 0.2) is 24.3 Å². The maximum atomic E-state index is 9.94. The molecule has 2 heteroatoms. The Morgan fingerprint density at radius 3 is 2.58 bits per heavy atom. The number of rotatable bonds is 4. The Hall–Kier alpha value is -1.31. The van der Waals surface area contributed by atoms with Crippen molar-refractivity contribution in [2.24, 2.45) is 0 Å². The molecule has 0 saturated heterocycles. The Morgan fingerprint density at radius 2 is 2.00 bits per heavy atom. The molecule has 1 aromatic carbocycles. The van der Waals surface area contributed by atoms with Crippen molar-refractivity contribution < 1.29 is 4.79 Å². The molecule has 0 radical (unpaired) electrons. The standard InChI is InChI=1S/C10H13NO/c1-9-2-4-10(5-3-9)6-7-11-8-12/h2-5,8H,6-7H2,1H3,(H,11,12). The molecular weight excluding hydrogens is 150 g/mol. The van der Waals surface area contributed by atoms with Crippen molar-refractivity contribution in [3.8, 4) is 0 Å². The Labute approximate surface area is 72.6 Å². The molecule has 0 unspecified atom stereocenters. The molecule has 0 aliphatic rings. The highest BCUT2D eigenvalue weighted by Crippen LogP contribution is 2.02. The molecule has 0 atom stereocenters. The Kier molecular flexibility index (Phi) is 3.33. The highest BCUT2D eigenvalue weighted by Gasteiger charge is 1.90. The summed E-state index contributed by atoms with van der Waals surface area (Å²) in [6.07, 6.45) is 1.63. The maximum absolute atomic E-state index is 9.94. The van der Waals surface area contributed by atoms with E-state index in [4.69, 9.17) is 0 Å². The van der Waals surface area contributed by atoms with Gasteiger partial charge < -0.3 is 5.32 Å². The van der Waals surface area contributed by atoms with E-state index in [-0.39, 0.29) is 0 Å². The molecule has 0 aromatic heterocycles. The molecule has 0 fully saturated rings. The minimum absolute atomic E-state index is 0.715. The van der Waals surface area contributed by atoms with Gasteiger partial charge in [-0.05, 0) is 18.9 Å². The number of amides is 1. The van der Waals surface area contributed by atoms with Crippen LogP contribution in [0.5, 0.6) is 0 Å². The van der Waals surface area contributed by atoms with Crippen LogP contribution in [-0.4, -0.2) is 13.0 Å². The minimum Gasteiger partial charge on any atom is -0.358 e. The van der Waals surface area contributed by atoms with Gasteiger partial charge in [-0.3, -0.25) is 4.79 Å². The summed E-state index contributed by atoms with van der Waals surface area (Å²) in [5, 5.41) is 2.63. The van der Waals surface area contributed by atoms with Crippen LogP contribution in [0.4, 0.5) is 0 Å². The Bertz CT molecular complexity index is 241. The van der Waals surface area contributed by atoms with Crippen LogP contribution in [-0.2, 0) is 11.2 Å². The summed E-state index contributed by atoms with van der Waals surface area (Å²) in [7, 11) is 0. The first-order chi connectivity index (χ1) is 5.83. The molecule has 0 aliphatic heterocycles. The second kappa shape index (κ2) is 4.54. The van der Waals surface area contributed by atoms with E-state index in [1.165, 1.54) is 11.1 Å². The number of carbonyl (C=O) groups excluding carboxylic acids is 1. The zero-order chi connectivity index (χ0) is 8.81. The fraction of sp³-hybridized carbons (Fsp3) is 0.300. The normalized spacial score (nSPS) is 9.42. The minimum atomic E-state index is 0.715. The molecule has 0 aliphatic carbocycles. The summed E-state index contributed by atoms with van der Waals surface area (Å²) in [5.41, 5.74) is 2.53. The van der Waals surface area contributed by atoms with Crippen LogP contribution in [0.1, 0.15) is 11.1 Å². The molecule has 0 saturated carbocycles. The predicted octanol–water partition coefficient (Wildman–Crippen LogP) is 1.28. The summed E-state index contributed by atoms with van der Waals surface area (Å²) >= 11 is 0. The van der Waals surface area contributed by atoms with Crippen LogP contribution in [0, 0.1) is 6.92 Å². The summed E-state index contributed by atoms with van der Waals surface area (Å²) in [6, 6.07) is 8.33. The van der Waals surface area contributed by atoms with Crippen molar-refractivity contribution in [3.05, 3.63) is 35.4 Å². The molecule has 1 amide bonds. The van der Waals surface area contributed by atoms with Gasteiger partial charge in [-0.25, -0.2) is 0 Å². The second-order valence-corrected chi connectivity index (χ2v) is 2.81. The fourth-order valence-electron chi connectivity index (χ4n) is 1.03. The topological polar surface area (TPSA) is 29.1 Å². The predicted molar refractivity (Wildman–Crippen MR) is 48.9 cm³/mol. The van der Waals surface area contributed by atoms with E-state index in [1.54, 1.807) is 0 Å². The first kappa shape index (κ1) is 8.78. The van der Waals surface area contributed by atoms with E-state index in [1.807, 2.05) is 0 Å². The van der Waals surface area contributed by atoms with Gasteiger partial charge in [-0.15, -0.1) is 0 Å². The molecule has 0 spiro atoms. The Morgan fingerprint density at radius 1 is 1.33 bits per heavy atom. The summed E-state index contributed by atoms with van der Waals surface area (Å²) in [6.45, 7) is 2.78. The first-order valence-corrected chi connectivity index (χ1v) is 4.05. The summed E-state index contributed by atoms with van der Waals surface area (Å²) in [5.74, 6) is 0. The molecule has 0 heterocycles. The van der Waals surface area contributed by atoms with Gasteiger partial charge in [-0.2, -0.15) is 0 Å². The van der Waals surface area contributed by atoms with Crippen LogP contribution in [0.3, 0.4) is 0 Å². The average molecular weight is 163 g/mol. The summed E-state index contributed by atoms with van der Waals surface area (Å²) in [4.78, 5) is 9.94. The zero-order valence-electron chi connectivity index (χ0n) is 7.21. The van der Waals surface area contributed by atoms with Crippen molar-refractivity contribution in [2.45, 2.75) is 13.3 Å². The first-order valence-electron chi connectivity index (χ1n) is 4.05. The number of benzene rings is 1. The molecule has 64 valence electrons. The lowest BCUT2D eigenvalue weighted by molar-refractivity contribution is -0.109. The maximum Gasteiger partial charge on any atom is 0.207 e. The number of hydrogen-bond donors (Lipinski definition) is 1. The molecule has 1 rings (SSSR count). The average Bonchev–Trinajstić information content (AvgIpc) is 2.09. The van der Waals surface area contributed by atoms with Gasteiger partial charge in [0.15, 0.2) is 0 Å². The van der Waals surface area contributed by atoms with E-state index >= 15 is 0 Å². The van der Waals surface area contributed by atoms with E-state index in [2.05, 4.69) is 36.5 Å². The largest absolute Gasteiger partial charge is 0.358 e. The number of hydrogen-bond acceptors (Lipinski definition) is 1. The van der Waals surface area contributed by atoms with Gasteiger partial charge in [0.1, 0.15) is 0 Å². The molecule has 12 heavy (non-hydrogen) atoms. The lowest BCUT2D eigenvalue weighted by Crippen LogP contribution is -2.14. The van der Waals surface area contributed by atoms with Crippen molar-refractivity contribution in [2.75, 3.05) is 6.54 Å². The van der Waals surface area contributed by atoms with Crippen LogP contribution in [0.2, 0.25) is 0 Å². The van der Waals surface area contributed by atoms with Crippen molar-refractivity contribution >= 4 is 6.41 Å². The smallest absolute Gasteiger partial charge is 0.207 e. The lowest BCUT2D eigenvalue weighted by Gasteiger charge is -2.00. The Balaban J connectivity index is 2.42. The van der Waals surface area contributed by atoms with Crippen molar-refractivity contribution in [1.29, 1.82) is 0 Å². The van der Waals surface area contributed by atoms with E-state index in [0.717, 1.165) is 12.8 Å². The fourth-order valence-corrected chi connectivity index (χ4v) is 1.03.